The van der Waals surface area contributed by atoms with Crippen molar-refractivity contribution in [3.05, 3.63) is 29.8 Å². The van der Waals surface area contributed by atoms with Gasteiger partial charge in [-0.15, -0.1) is 0 Å². The van der Waals surface area contributed by atoms with Crippen molar-refractivity contribution in [1.82, 2.24) is 5.32 Å². The van der Waals surface area contributed by atoms with E-state index >= 15 is 0 Å². The summed E-state index contributed by atoms with van der Waals surface area (Å²) in [5.41, 5.74) is 1.17. The molecule has 0 saturated carbocycles. The van der Waals surface area contributed by atoms with E-state index in [-0.39, 0.29) is 12.5 Å². The van der Waals surface area contributed by atoms with Crippen molar-refractivity contribution in [2.75, 3.05) is 11.4 Å². The van der Waals surface area contributed by atoms with E-state index in [1.54, 1.807) is 24.3 Å². The average Bonchev–Trinajstić information content (AvgIpc) is 2.61. The molecule has 3 amide bonds. The van der Waals surface area contributed by atoms with Crippen LogP contribution in [0.2, 0.25) is 0 Å². The molecule has 0 unspecified atom stereocenters. The number of hydrogen-bond donors (Lipinski definition) is 2. The van der Waals surface area contributed by atoms with Crippen molar-refractivity contribution < 1.29 is 14.8 Å². The number of oxime groups is 1. The van der Waals surface area contributed by atoms with Gasteiger partial charge in [-0.05, 0) is 17.7 Å². The number of carbonyl (C=O) groups is 2. The molecule has 1 heterocycles. The highest BCUT2D eigenvalue weighted by Crippen LogP contribution is 2.17. The van der Waals surface area contributed by atoms with E-state index in [4.69, 9.17) is 5.21 Å². The van der Waals surface area contributed by atoms with Crippen LogP contribution in [0.15, 0.2) is 29.4 Å². The number of imide groups is 1. The summed E-state index contributed by atoms with van der Waals surface area (Å²) in [5.74, 6) is -0.284. The highest BCUT2D eigenvalue weighted by atomic mass is 16.4. The molecule has 0 atom stereocenters. The fourth-order valence-corrected chi connectivity index (χ4v) is 1.46. The third-order valence-corrected chi connectivity index (χ3v) is 2.20. The van der Waals surface area contributed by atoms with Crippen LogP contribution in [0, 0.1) is 0 Å². The van der Waals surface area contributed by atoms with E-state index in [0.29, 0.717) is 11.3 Å². The first-order valence-electron chi connectivity index (χ1n) is 4.60. The molecular weight excluding hydrogens is 210 g/mol. The Balaban J connectivity index is 2.27. The lowest BCUT2D eigenvalue weighted by Crippen LogP contribution is -2.30. The van der Waals surface area contributed by atoms with E-state index < -0.39 is 6.03 Å². The molecule has 1 aliphatic heterocycles. The lowest BCUT2D eigenvalue weighted by molar-refractivity contribution is -0.115. The van der Waals surface area contributed by atoms with Gasteiger partial charge in [0, 0.05) is 0 Å². The van der Waals surface area contributed by atoms with E-state index in [2.05, 4.69) is 10.5 Å². The van der Waals surface area contributed by atoms with Crippen LogP contribution >= 0.6 is 0 Å². The Labute approximate surface area is 91.2 Å². The molecule has 2 rings (SSSR count). The second-order valence-electron chi connectivity index (χ2n) is 3.22. The lowest BCUT2D eigenvalue weighted by atomic mass is 10.2. The highest BCUT2D eigenvalue weighted by molar-refractivity contribution is 6.19. The zero-order valence-electron chi connectivity index (χ0n) is 8.25. The summed E-state index contributed by atoms with van der Waals surface area (Å²) < 4.78 is 0. The zero-order valence-corrected chi connectivity index (χ0v) is 8.25. The Morgan fingerprint density at radius 3 is 2.50 bits per heavy atom. The van der Waals surface area contributed by atoms with Gasteiger partial charge >= 0.3 is 6.03 Å². The summed E-state index contributed by atoms with van der Waals surface area (Å²) >= 11 is 0. The van der Waals surface area contributed by atoms with Crippen molar-refractivity contribution in [2.45, 2.75) is 0 Å². The van der Waals surface area contributed by atoms with Crippen LogP contribution in [0.3, 0.4) is 0 Å². The molecule has 0 aliphatic carbocycles. The second kappa shape index (κ2) is 4.01. The van der Waals surface area contributed by atoms with Gasteiger partial charge in [0.15, 0.2) is 0 Å². The number of anilines is 1. The minimum atomic E-state index is -0.423. The quantitative estimate of drug-likeness (QED) is 0.330. The SMILES string of the molecule is O=C1CNC(=O)N1c1ccc(C=NO)cc1. The van der Waals surface area contributed by atoms with Gasteiger partial charge in [0.05, 0.1) is 18.4 Å². The summed E-state index contributed by atoms with van der Waals surface area (Å²) in [5, 5.41) is 13.6. The summed E-state index contributed by atoms with van der Waals surface area (Å²) in [6.45, 7) is 0.0265. The number of benzene rings is 1. The molecule has 6 heteroatoms. The number of amides is 3. The molecule has 1 aliphatic rings. The van der Waals surface area contributed by atoms with Gasteiger partial charge in [-0.25, -0.2) is 9.69 Å². The minimum absolute atomic E-state index is 0.0265. The number of rotatable bonds is 2. The van der Waals surface area contributed by atoms with Crippen LogP contribution in [0.1, 0.15) is 5.56 Å². The van der Waals surface area contributed by atoms with Gasteiger partial charge in [-0.1, -0.05) is 17.3 Å². The summed E-state index contributed by atoms with van der Waals surface area (Å²) in [6, 6.07) is 6.09. The van der Waals surface area contributed by atoms with Crippen LogP contribution in [0.25, 0.3) is 0 Å². The minimum Gasteiger partial charge on any atom is -0.411 e. The van der Waals surface area contributed by atoms with Gasteiger partial charge in [0.2, 0.25) is 0 Å². The van der Waals surface area contributed by atoms with Crippen LogP contribution in [0.5, 0.6) is 0 Å². The van der Waals surface area contributed by atoms with Crippen LogP contribution < -0.4 is 10.2 Å². The van der Waals surface area contributed by atoms with E-state index in [1.165, 1.54) is 6.21 Å². The van der Waals surface area contributed by atoms with Crippen LogP contribution in [0.4, 0.5) is 10.5 Å². The summed E-state index contributed by atoms with van der Waals surface area (Å²) in [4.78, 5) is 23.8. The smallest absolute Gasteiger partial charge is 0.329 e. The van der Waals surface area contributed by atoms with Gasteiger partial charge in [0.1, 0.15) is 0 Å². The van der Waals surface area contributed by atoms with Crippen LogP contribution in [-0.4, -0.2) is 29.9 Å². The standard InChI is InChI=1S/C10H9N3O3/c14-9-6-11-10(15)13(9)8-3-1-7(2-4-8)5-12-16/h1-5,16H,6H2,(H,11,15). The van der Waals surface area contributed by atoms with E-state index in [1.807, 2.05) is 0 Å². The number of nitrogens with zero attached hydrogens (tertiary/aromatic N) is 2. The highest BCUT2D eigenvalue weighted by Gasteiger charge is 2.29. The van der Waals surface area contributed by atoms with Crippen molar-refractivity contribution in [2.24, 2.45) is 5.16 Å². The fraction of sp³-hybridized carbons (Fsp3) is 0.100. The van der Waals surface area contributed by atoms with Gasteiger partial charge in [0.25, 0.3) is 5.91 Å². The van der Waals surface area contributed by atoms with Gasteiger partial charge in [-0.3, -0.25) is 4.79 Å². The fourth-order valence-electron chi connectivity index (χ4n) is 1.46. The van der Waals surface area contributed by atoms with Gasteiger partial charge < -0.3 is 10.5 Å². The van der Waals surface area contributed by atoms with Crippen molar-refractivity contribution in [1.29, 1.82) is 0 Å². The molecule has 0 spiro atoms. The Morgan fingerprint density at radius 1 is 1.31 bits per heavy atom. The van der Waals surface area contributed by atoms with Crippen LogP contribution in [-0.2, 0) is 4.79 Å². The summed E-state index contributed by atoms with van der Waals surface area (Å²) in [7, 11) is 0. The summed E-state index contributed by atoms with van der Waals surface area (Å²) in [6.07, 6.45) is 1.26. The normalized spacial score (nSPS) is 15.9. The number of nitrogens with one attached hydrogen (secondary N) is 1. The molecule has 1 saturated heterocycles. The molecule has 0 bridgehead atoms. The predicted molar refractivity (Wildman–Crippen MR) is 56.7 cm³/mol. The van der Waals surface area contributed by atoms with Crippen molar-refractivity contribution in [3.8, 4) is 0 Å². The van der Waals surface area contributed by atoms with E-state index in [0.717, 1.165) is 4.90 Å². The number of urea groups is 1. The molecule has 6 nitrogen and oxygen atoms in total. The maximum atomic E-state index is 11.4. The largest absolute Gasteiger partial charge is 0.411 e. The molecule has 82 valence electrons. The predicted octanol–water partition coefficient (Wildman–Crippen LogP) is 0.551. The molecule has 1 fully saturated rings. The molecule has 1 aromatic rings. The van der Waals surface area contributed by atoms with Crippen molar-refractivity contribution in [3.63, 3.8) is 0 Å². The second-order valence-corrected chi connectivity index (χ2v) is 3.22. The van der Waals surface area contributed by atoms with Crippen molar-refractivity contribution >= 4 is 23.8 Å². The molecular formula is C10H9N3O3. The maximum Gasteiger partial charge on any atom is 0.329 e. The Kier molecular flexibility index (Phi) is 2.55. The monoisotopic (exact) mass is 219 g/mol. The first-order chi connectivity index (χ1) is 7.72. The Hall–Kier alpha value is -2.37. The first-order valence-corrected chi connectivity index (χ1v) is 4.60. The molecule has 16 heavy (non-hydrogen) atoms. The molecule has 0 radical (unpaired) electrons. The zero-order chi connectivity index (χ0) is 11.5. The maximum absolute atomic E-state index is 11.4. The topological polar surface area (TPSA) is 82.0 Å². The van der Waals surface area contributed by atoms with Gasteiger partial charge in [-0.2, -0.15) is 0 Å². The Morgan fingerprint density at radius 2 is 2.00 bits per heavy atom. The number of hydrogen-bond acceptors (Lipinski definition) is 4. The third kappa shape index (κ3) is 1.72. The lowest BCUT2D eigenvalue weighted by Gasteiger charge is -2.11. The molecule has 2 N–H and O–H groups in total. The first kappa shape index (κ1) is 10.2. The molecule has 0 aromatic heterocycles. The average molecular weight is 219 g/mol. The Bertz CT molecular complexity index is 437. The molecule has 1 aromatic carbocycles. The number of carbonyl (C=O) groups excluding carboxylic acids is 2. The van der Waals surface area contributed by atoms with E-state index in [9.17, 15) is 9.59 Å². The third-order valence-electron chi connectivity index (χ3n) is 2.20.